The third-order valence-electron chi connectivity index (χ3n) is 4.60. The maximum absolute atomic E-state index is 13.6. The van der Waals surface area contributed by atoms with Gasteiger partial charge in [0.1, 0.15) is 0 Å². The first-order valence-corrected chi connectivity index (χ1v) is 9.73. The zero-order valence-electron chi connectivity index (χ0n) is 13.3. The first-order valence-electron chi connectivity index (χ1n) is 7.91. The number of hydrogen-bond acceptors (Lipinski definition) is 4. The number of urea groups is 1. The van der Waals surface area contributed by atoms with Gasteiger partial charge >= 0.3 is 6.03 Å². The van der Waals surface area contributed by atoms with Crippen molar-refractivity contribution in [2.45, 2.75) is 12.5 Å². The van der Waals surface area contributed by atoms with Crippen molar-refractivity contribution in [2.24, 2.45) is 0 Å². The predicted octanol–water partition coefficient (Wildman–Crippen LogP) is 1.44. The Balaban J connectivity index is 1.56. The third kappa shape index (κ3) is 3.90. The van der Waals surface area contributed by atoms with Gasteiger partial charge < -0.3 is 10.2 Å². The molecular formula is C15H18F3N3O3S. The van der Waals surface area contributed by atoms with Gasteiger partial charge in [0.15, 0.2) is 27.3 Å². The lowest BCUT2D eigenvalue weighted by atomic mass is 10.2. The molecule has 0 radical (unpaired) electrons. The molecule has 1 N–H and O–H groups in total. The number of piperazine rings is 1. The lowest BCUT2D eigenvalue weighted by Gasteiger charge is -2.37. The van der Waals surface area contributed by atoms with Crippen LogP contribution >= 0.6 is 0 Å². The molecule has 2 aliphatic rings. The number of nitrogens with one attached hydrogen (secondary N) is 1. The Kier molecular flexibility index (Phi) is 4.92. The summed E-state index contributed by atoms with van der Waals surface area (Å²) in [5.41, 5.74) is -0.423. The Hall–Kier alpha value is -1.81. The van der Waals surface area contributed by atoms with Gasteiger partial charge in [0.05, 0.1) is 17.2 Å². The van der Waals surface area contributed by atoms with E-state index < -0.39 is 39.0 Å². The molecular weight excluding hydrogens is 359 g/mol. The van der Waals surface area contributed by atoms with Gasteiger partial charge in [0, 0.05) is 32.2 Å². The van der Waals surface area contributed by atoms with Gasteiger partial charge in [0.25, 0.3) is 0 Å². The zero-order chi connectivity index (χ0) is 18.2. The number of benzene rings is 1. The molecule has 2 fully saturated rings. The smallest absolute Gasteiger partial charge is 0.322 e. The Morgan fingerprint density at radius 1 is 1.08 bits per heavy atom. The molecule has 2 saturated heterocycles. The molecule has 2 heterocycles. The van der Waals surface area contributed by atoms with E-state index in [4.69, 9.17) is 0 Å². The Labute approximate surface area is 143 Å². The zero-order valence-corrected chi connectivity index (χ0v) is 14.2. The second kappa shape index (κ2) is 6.83. The third-order valence-corrected chi connectivity index (χ3v) is 6.35. The van der Waals surface area contributed by atoms with E-state index in [9.17, 15) is 26.4 Å². The van der Waals surface area contributed by atoms with E-state index in [0.717, 1.165) is 12.1 Å². The molecule has 1 atom stereocenters. The predicted molar refractivity (Wildman–Crippen MR) is 85.5 cm³/mol. The van der Waals surface area contributed by atoms with E-state index in [1.54, 1.807) is 0 Å². The summed E-state index contributed by atoms with van der Waals surface area (Å²) in [7, 11) is -2.97. The van der Waals surface area contributed by atoms with Crippen molar-refractivity contribution >= 4 is 21.6 Å². The van der Waals surface area contributed by atoms with Crippen LogP contribution < -0.4 is 5.32 Å². The second-order valence-electron chi connectivity index (χ2n) is 6.23. The van der Waals surface area contributed by atoms with Gasteiger partial charge in [-0.25, -0.2) is 26.4 Å². The number of carbonyl (C=O) groups is 1. The van der Waals surface area contributed by atoms with Crippen molar-refractivity contribution in [2.75, 3.05) is 43.0 Å². The van der Waals surface area contributed by atoms with Crippen molar-refractivity contribution in [3.63, 3.8) is 0 Å². The summed E-state index contributed by atoms with van der Waals surface area (Å²) < 4.78 is 62.8. The molecule has 2 amide bonds. The van der Waals surface area contributed by atoms with Gasteiger partial charge in [-0.15, -0.1) is 0 Å². The van der Waals surface area contributed by atoms with Crippen molar-refractivity contribution < 1.29 is 26.4 Å². The van der Waals surface area contributed by atoms with Gasteiger partial charge in [-0.2, -0.15) is 0 Å². The summed E-state index contributed by atoms with van der Waals surface area (Å²) in [5, 5.41) is 2.24. The molecule has 25 heavy (non-hydrogen) atoms. The van der Waals surface area contributed by atoms with Gasteiger partial charge in [-0.1, -0.05) is 0 Å². The first-order chi connectivity index (χ1) is 11.8. The van der Waals surface area contributed by atoms with Gasteiger partial charge in [0.2, 0.25) is 0 Å². The normalized spacial score (nSPS) is 23.6. The number of carbonyl (C=O) groups excluding carboxylic acids is 1. The number of amides is 2. The van der Waals surface area contributed by atoms with Crippen LogP contribution in [0.5, 0.6) is 0 Å². The van der Waals surface area contributed by atoms with Crippen LogP contribution in [0.15, 0.2) is 12.1 Å². The van der Waals surface area contributed by atoms with Crippen LogP contribution in [0.1, 0.15) is 6.42 Å². The Morgan fingerprint density at radius 2 is 1.76 bits per heavy atom. The molecule has 2 aliphatic heterocycles. The van der Waals surface area contributed by atoms with Crippen molar-refractivity contribution in [1.29, 1.82) is 0 Å². The SMILES string of the molecule is O=C(Nc1ccc(F)c(F)c1F)N1CCN(C2CCS(=O)(=O)C2)CC1. The summed E-state index contributed by atoms with van der Waals surface area (Å²) >= 11 is 0. The molecule has 3 rings (SSSR count). The van der Waals surface area contributed by atoms with E-state index >= 15 is 0 Å². The summed E-state index contributed by atoms with van der Waals surface area (Å²) in [5.74, 6) is -4.07. The fourth-order valence-electron chi connectivity index (χ4n) is 3.17. The van der Waals surface area contributed by atoms with Crippen molar-refractivity contribution in [1.82, 2.24) is 9.80 Å². The van der Waals surface area contributed by atoms with Crippen LogP contribution in [0.4, 0.5) is 23.7 Å². The topological polar surface area (TPSA) is 69.7 Å². The molecule has 6 nitrogen and oxygen atoms in total. The fourth-order valence-corrected chi connectivity index (χ4v) is 4.93. The molecule has 0 aromatic heterocycles. The van der Waals surface area contributed by atoms with Gasteiger partial charge in [-0.05, 0) is 18.6 Å². The number of rotatable bonds is 2. The highest BCUT2D eigenvalue weighted by molar-refractivity contribution is 7.91. The monoisotopic (exact) mass is 377 g/mol. The molecule has 1 aromatic carbocycles. The average Bonchev–Trinajstić information content (AvgIpc) is 2.95. The summed E-state index contributed by atoms with van der Waals surface area (Å²) in [6.07, 6.45) is 0.592. The molecule has 0 spiro atoms. The lowest BCUT2D eigenvalue weighted by molar-refractivity contribution is 0.121. The van der Waals surface area contributed by atoms with Crippen LogP contribution in [0, 0.1) is 17.5 Å². The summed E-state index contributed by atoms with van der Waals surface area (Å²) in [4.78, 5) is 15.6. The summed E-state index contributed by atoms with van der Waals surface area (Å²) in [6, 6.07) is 1.07. The van der Waals surface area contributed by atoms with Crippen LogP contribution in [0.2, 0.25) is 0 Å². The van der Waals surface area contributed by atoms with E-state index in [1.807, 2.05) is 4.90 Å². The van der Waals surface area contributed by atoms with Crippen LogP contribution in [-0.2, 0) is 9.84 Å². The Morgan fingerprint density at radius 3 is 2.36 bits per heavy atom. The molecule has 0 aliphatic carbocycles. The minimum absolute atomic E-state index is 0.0288. The summed E-state index contributed by atoms with van der Waals surface area (Å²) in [6.45, 7) is 1.70. The number of anilines is 1. The van der Waals surface area contributed by atoms with Gasteiger partial charge in [-0.3, -0.25) is 4.90 Å². The van der Waals surface area contributed by atoms with Crippen LogP contribution in [-0.4, -0.2) is 68.0 Å². The molecule has 0 bridgehead atoms. The second-order valence-corrected chi connectivity index (χ2v) is 8.46. The highest BCUT2D eigenvalue weighted by Crippen LogP contribution is 2.22. The van der Waals surface area contributed by atoms with E-state index in [-0.39, 0.29) is 17.5 Å². The fraction of sp³-hybridized carbons (Fsp3) is 0.533. The highest BCUT2D eigenvalue weighted by atomic mass is 32.2. The first kappa shape index (κ1) is 18.0. The maximum atomic E-state index is 13.6. The van der Waals surface area contributed by atoms with E-state index in [2.05, 4.69) is 5.32 Å². The van der Waals surface area contributed by atoms with Crippen molar-refractivity contribution in [3.8, 4) is 0 Å². The molecule has 1 aromatic rings. The number of sulfone groups is 1. The largest absolute Gasteiger partial charge is 0.322 e. The number of nitrogens with zero attached hydrogens (tertiary/aromatic N) is 2. The van der Waals surface area contributed by atoms with E-state index in [0.29, 0.717) is 32.6 Å². The average molecular weight is 377 g/mol. The minimum Gasteiger partial charge on any atom is -0.322 e. The lowest BCUT2D eigenvalue weighted by Crippen LogP contribution is -2.53. The quantitative estimate of drug-likeness (QED) is 0.792. The molecule has 1 unspecified atom stereocenters. The standard InChI is InChI=1S/C15H18F3N3O3S/c16-11-1-2-12(14(18)13(11)17)19-15(22)21-6-4-20(5-7-21)10-3-8-25(23,24)9-10/h1-2,10H,3-9H2,(H,19,22). The van der Waals surface area contributed by atoms with Crippen LogP contribution in [0.25, 0.3) is 0 Å². The molecule has 0 saturated carbocycles. The molecule has 138 valence electrons. The van der Waals surface area contributed by atoms with E-state index in [1.165, 1.54) is 4.90 Å². The number of hydrogen-bond donors (Lipinski definition) is 1. The molecule has 10 heteroatoms. The Bertz CT molecular complexity index is 780. The number of halogens is 3. The maximum Gasteiger partial charge on any atom is 0.322 e. The highest BCUT2D eigenvalue weighted by Gasteiger charge is 2.34. The van der Waals surface area contributed by atoms with Crippen LogP contribution in [0.3, 0.4) is 0 Å². The van der Waals surface area contributed by atoms with Crippen molar-refractivity contribution in [3.05, 3.63) is 29.6 Å². The minimum atomic E-state index is -2.97.